The van der Waals surface area contributed by atoms with Crippen LogP contribution >= 0.6 is 11.8 Å². The second-order valence-corrected chi connectivity index (χ2v) is 5.12. The minimum Gasteiger partial charge on any atom is -0.246 e. The van der Waals surface area contributed by atoms with Crippen LogP contribution in [0.25, 0.3) is 0 Å². The van der Waals surface area contributed by atoms with E-state index in [1.807, 2.05) is 45.9 Å². The minimum atomic E-state index is 0.833. The Hall–Kier alpha value is -1.20. The summed E-state index contributed by atoms with van der Waals surface area (Å²) in [5, 5.41) is 1.05. The maximum Gasteiger partial charge on any atom is 0.0781 e. The van der Waals surface area contributed by atoms with Gasteiger partial charge in [-0.1, -0.05) is 25.0 Å². The lowest BCUT2D eigenvalue weighted by atomic mass is 10.1. The molecule has 0 aromatic rings. The molecule has 17 heavy (non-hydrogen) atoms. The Morgan fingerprint density at radius 2 is 2.00 bits per heavy atom. The molecule has 0 bridgehead atoms. The topological polar surface area (TPSA) is 12.4 Å². The number of terminal acetylenes is 1. The van der Waals surface area contributed by atoms with Crippen LogP contribution in [-0.4, -0.2) is 10.8 Å². The predicted molar refractivity (Wildman–Crippen MR) is 81.3 cm³/mol. The van der Waals surface area contributed by atoms with Gasteiger partial charge in [0, 0.05) is 5.57 Å². The van der Waals surface area contributed by atoms with Gasteiger partial charge in [-0.25, -0.2) is 4.99 Å². The van der Waals surface area contributed by atoms with Gasteiger partial charge in [-0.2, -0.15) is 0 Å². The number of hydrogen-bond acceptors (Lipinski definition) is 2. The molecule has 0 aliphatic heterocycles. The van der Waals surface area contributed by atoms with E-state index in [2.05, 4.69) is 17.8 Å². The minimum absolute atomic E-state index is 0.833. The summed E-state index contributed by atoms with van der Waals surface area (Å²) in [6.45, 7) is 10.2. The summed E-state index contributed by atoms with van der Waals surface area (Å²) in [5.41, 5.74) is 2.87. The van der Waals surface area contributed by atoms with Gasteiger partial charge in [0.2, 0.25) is 0 Å². The first kappa shape index (κ1) is 15.8. The molecule has 0 spiro atoms. The highest BCUT2D eigenvalue weighted by Gasteiger charge is 2.03. The van der Waals surface area contributed by atoms with Gasteiger partial charge >= 0.3 is 0 Å². The molecule has 0 saturated carbocycles. The zero-order chi connectivity index (χ0) is 13.3. The molecule has 0 saturated heterocycles. The molecule has 1 nitrogen and oxygen atoms in total. The SMILES string of the molecule is C#C/C(=C\C=C/C)C(N=C(C)SCC)=C(C)C. The molecule has 92 valence electrons. The van der Waals surface area contributed by atoms with Crippen LogP contribution in [0, 0.1) is 12.3 Å². The number of aliphatic imine (C=N–C) groups is 1. The number of allylic oxidation sites excluding steroid dienone is 5. The van der Waals surface area contributed by atoms with Gasteiger partial charge < -0.3 is 0 Å². The lowest BCUT2D eigenvalue weighted by Crippen LogP contribution is -1.92. The molecular formula is C15H21NS. The number of rotatable bonds is 4. The second-order valence-electron chi connectivity index (χ2n) is 3.66. The van der Waals surface area contributed by atoms with Crippen LogP contribution in [0.15, 0.2) is 40.1 Å². The molecule has 2 heteroatoms. The largest absolute Gasteiger partial charge is 0.246 e. The molecular weight excluding hydrogens is 226 g/mol. The molecule has 0 atom stereocenters. The van der Waals surface area contributed by atoms with Crippen molar-refractivity contribution < 1.29 is 0 Å². The van der Waals surface area contributed by atoms with Crippen molar-refractivity contribution in [3.8, 4) is 12.3 Å². The maximum atomic E-state index is 5.54. The molecule has 0 aliphatic rings. The van der Waals surface area contributed by atoms with Crippen molar-refractivity contribution in [1.29, 1.82) is 0 Å². The van der Waals surface area contributed by atoms with Crippen LogP contribution in [0.2, 0.25) is 0 Å². The fourth-order valence-electron chi connectivity index (χ4n) is 1.23. The molecule has 0 rings (SSSR count). The molecule has 0 aromatic heterocycles. The molecule has 0 radical (unpaired) electrons. The Balaban J connectivity index is 5.35. The van der Waals surface area contributed by atoms with Crippen molar-refractivity contribution in [3.63, 3.8) is 0 Å². The van der Waals surface area contributed by atoms with Gasteiger partial charge in [-0.05, 0) is 45.1 Å². The second kappa shape index (κ2) is 8.90. The van der Waals surface area contributed by atoms with E-state index in [0.29, 0.717) is 0 Å². The summed E-state index contributed by atoms with van der Waals surface area (Å²) in [5.74, 6) is 3.72. The van der Waals surface area contributed by atoms with Crippen molar-refractivity contribution in [3.05, 3.63) is 35.1 Å². The van der Waals surface area contributed by atoms with Crippen LogP contribution in [-0.2, 0) is 0 Å². The number of nitrogens with zero attached hydrogens (tertiary/aromatic N) is 1. The molecule has 0 aromatic carbocycles. The number of hydrogen-bond donors (Lipinski definition) is 0. The van der Waals surface area contributed by atoms with E-state index < -0.39 is 0 Å². The van der Waals surface area contributed by atoms with Crippen molar-refractivity contribution in [2.24, 2.45) is 4.99 Å². The highest BCUT2D eigenvalue weighted by molar-refractivity contribution is 8.13. The van der Waals surface area contributed by atoms with Crippen LogP contribution in [0.4, 0.5) is 0 Å². The lowest BCUT2D eigenvalue weighted by molar-refractivity contribution is 1.23. The van der Waals surface area contributed by atoms with E-state index in [-0.39, 0.29) is 0 Å². The highest BCUT2D eigenvalue weighted by atomic mass is 32.2. The Morgan fingerprint density at radius 1 is 1.35 bits per heavy atom. The Bertz CT molecular complexity index is 399. The fourth-order valence-corrected chi connectivity index (χ4v) is 1.80. The summed E-state index contributed by atoms with van der Waals surface area (Å²) >= 11 is 1.73. The number of thioether (sulfide) groups is 1. The highest BCUT2D eigenvalue weighted by Crippen LogP contribution is 2.18. The normalized spacial score (nSPS) is 12.7. The Labute approximate surface area is 110 Å². The first-order valence-corrected chi connectivity index (χ1v) is 6.70. The van der Waals surface area contributed by atoms with E-state index in [1.54, 1.807) is 11.8 Å². The molecule has 0 heterocycles. The van der Waals surface area contributed by atoms with Gasteiger partial charge in [0.1, 0.15) is 0 Å². The van der Waals surface area contributed by atoms with E-state index in [0.717, 1.165) is 27.6 Å². The predicted octanol–water partition coefficient (Wildman–Crippen LogP) is 4.59. The third-order valence-corrected chi connectivity index (χ3v) is 2.76. The quantitative estimate of drug-likeness (QED) is 0.306. The third kappa shape index (κ3) is 6.19. The van der Waals surface area contributed by atoms with Crippen molar-refractivity contribution >= 4 is 16.8 Å². The average Bonchev–Trinajstić information content (AvgIpc) is 2.28. The molecule has 0 aliphatic carbocycles. The zero-order valence-corrected chi connectivity index (χ0v) is 12.2. The lowest BCUT2D eigenvalue weighted by Gasteiger charge is -2.06. The zero-order valence-electron chi connectivity index (χ0n) is 11.4. The fraction of sp³-hybridized carbons (Fsp3) is 0.400. The molecule has 0 N–H and O–H groups in total. The van der Waals surface area contributed by atoms with Crippen molar-refractivity contribution in [2.75, 3.05) is 5.75 Å². The summed E-state index contributed by atoms with van der Waals surface area (Å²) in [6.07, 6.45) is 11.4. The Morgan fingerprint density at radius 3 is 2.41 bits per heavy atom. The summed E-state index contributed by atoms with van der Waals surface area (Å²) in [6, 6.07) is 0. The summed E-state index contributed by atoms with van der Waals surface area (Å²) in [4.78, 5) is 4.60. The van der Waals surface area contributed by atoms with E-state index in [9.17, 15) is 0 Å². The van der Waals surface area contributed by atoms with Crippen LogP contribution in [0.1, 0.15) is 34.6 Å². The third-order valence-electron chi connectivity index (χ3n) is 1.96. The monoisotopic (exact) mass is 247 g/mol. The van der Waals surface area contributed by atoms with Crippen LogP contribution in [0.3, 0.4) is 0 Å². The van der Waals surface area contributed by atoms with Gasteiger partial charge in [0.25, 0.3) is 0 Å². The van der Waals surface area contributed by atoms with Gasteiger partial charge in [-0.3, -0.25) is 0 Å². The molecule has 0 unspecified atom stereocenters. The van der Waals surface area contributed by atoms with Gasteiger partial charge in [-0.15, -0.1) is 18.2 Å². The van der Waals surface area contributed by atoms with Gasteiger partial charge in [0.05, 0.1) is 10.7 Å². The summed E-state index contributed by atoms with van der Waals surface area (Å²) < 4.78 is 0. The standard InChI is InChI=1S/C15H21NS/c1-7-10-11-14(8-2)15(12(4)5)16-13(6)17-9-3/h2,7,10-11H,9H2,1,3-6H3/b10-7-,14-11+,16-13?. The first-order valence-electron chi connectivity index (χ1n) is 5.72. The summed E-state index contributed by atoms with van der Waals surface area (Å²) in [7, 11) is 0. The van der Waals surface area contributed by atoms with Crippen LogP contribution in [0.5, 0.6) is 0 Å². The Kier molecular flexibility index (Phi) is 8.27. The van der Waals surface area contributed by atoms with Crippen molar-refractivity contribution in [2.45, 2.75) is 34.6 Å². The van der Waals surface area contributed by atoms with E-state index in [1.165, 1.54) is 0 Å². The van der Waals surface area contributed by atoms with E-state index in [4.69, 9.17) is 6.42 Å². The molecule has 0 fully saturated rings. The van der Waals surface area contributed by atoms with Crippen molar-refractivity contribution in [1.82, 2.24) is 0 Å². The van der Waals surface area contributed by atoms with Gasteiger partial charge in [0.15, 0.2) is 0 Å². The smallest absolute Gasteiger partial charge is 0.0781 e. The van der Waals surface area contributed by atoms with E-state index >= 15 is 0 Å². The molecule has 0 amide bonds. The maximum absolute atomic E-state index is 5.54. The first-order chi connectivity index (χ1) is 8.06. The van der Waals surface area contributed by atoms with Crippen LogP contribution < -0.4 is 0 Å². The average molecular weight is 247 g/mol.